The first-order valence-corrected chi connectivity index (χ1v) is 11.0. The number of amides is 2. The van der Waals surface area contributed by atoms with Crippen LogP contribution < -0.4 is 10.6 Å². The Balaban J connectivity index is 1.53. The number of carbonyl (C=O) groups excluding carboxylic acids is 2. The summed E-state index contributed by atoms with van der Waals surface area (Å²) in [7, 11) is 0. The fraction of sp³-hybridized carbons (Fsp3) is 0.429. The van der Waals surface area contributed by atoms with Gasteiger partial charge < -0.3 is 10.6 Å². The maximum absolute atomic E-state index is 12.3. The summed E-state index contributed by atoms with van der Waals surface area (Å²) < 4.78 is 0. The van der Waals surface area contributed by atoms with E-state index in [-0.39, 0.29) is 6.04 Å². The second kappa shape index (κ2) is 10.6. The van der Waals surface area contributed by atoms with Crippen LogP contribution in [0.1, 0.15) is 42.9 Å². The highest BCUT2D eigenvalue weighted by molar-refractivity contribution is 7.08. The van der Waals surface area contributed by atoms with Gasteiger partial charge >= 0.3 is 11.8 Å². The summed E-state index contributed by atoms with van der Waals surface area (Å²) in [6.45, 7) is 2.78. The molecule has 28 heavy (non-hydrogen) atoms. The summed E-state index contributed by atoms with van der Waals surface area (Å²) in [5, 5.41) is 10.3. The van der Waals surface area contributed by atoms with E-state index in [0.717, 1.165) is 18.7 Å². The molecule has 2 N–H and O–H groups in total. The van der Waals surface area contributed by atoms with Crippen LogP contribution in [0.3, 0.4) is 0 Å². The van der Waals surface area contributed by atoms with Crippen molar-refractivity contribution < 1.29 is 9.59 Å². The van der Waals surface area contributed by atoms with Crippen LogP contribution in [0.25, 0.3) is 0 Å². The van der Waals surface area contributed by atoms with E-state index in [1.165, 1.54) is 31.2 Å². The Morgan fingerprint density at radius 1 is 1.00 bits per heavy atom. The summed E-state index contributed by atoms with van der Waals surface area (Å²) in [6.07, 6.45) is 4.87. The van der Waals surface area contributed by atoms with Crippen LogP contribution in [0, 0.1) is 0 Å². The second-order valence-corrected chi connectivity index (χ2v) is 8.26. The fourth-order valence-corrected chi connectivity index (χ4v) is 4.30. The van der Waals surface area contributed by atoms with Gasteiger partial charge in [0.25, 0.3) is 0 Å². The van der Waals surface area contributed by atoms with Gasteiger partial charge in [-0.3, -0.25) is 14.5 Å². The Morgan fingerprint density at radius 2 is 1.68 bits per heavy atom. The van der Waals surface area contributed by atoms with Crippen LogP contribution >= 0.6 is 22.9 Å². The Labute approximate surface area is 175 Å². The molecule has 0 bridgehead atoms. The molecule has 5 nitrogen and oxygen atoms in total. The molecular formula is C21H26ClN3O2S. The van der Waals surface area contributed by atoms with E-state index in [1.54, 1.807) is 23.5 Å². The van der Waals surface area contributed by atoms with Crippen molar-refractivity contribution in [3.8, 4) is 0 Å². The number of hydrogen-bond donors (Lipinski definition) is 2. The van der Waals surface area contributed by atoms with Gasteiger partial charge in [-0.25, -0.2) is 0 Å². The fourth-order valence-electron chi connectivity index (χ4n) is 3.46. The number of carbonyl (C=O) groups is 2. The number of likely N-dealkylation sites (tertiary alicyclic amines) is 1. The summed E-state index contributed by atoms with van der Waals surface area (Å²) in [5.74, 6) is -1.21. The molecular weight excluding hydrogens is 394 g/mol. The van der Waals surface area contributed by atoms with E-state index in [4.69, 9.17) is 11.6 Å². The van der Waals surface area contributed by atoms with E-state index in [9.17, 15) is 9.59 Å². The summed E-state index contributed by atoms with van der Waals surface area (Å²) in [5.41, 5.74) is 2.10. The summed E-state index contributed by atoms with van der Waals surface area (Å²) >= 11 is 7.51. The molecule has 2 heterocycles. The molecule has 2 aromatic rings. The van der Waals surface area contributed by atoms with Gasteiger partial charge in [0.15, 0.2) is 0 Å². The quantitative estimate of drug-likeness (QED) is 0.701. The van der Waals surface area contributed by atoms with Crippen molar-refractivity contribution in [2.45, 2.75) is 38.3 Å². The standard InChI is InChI=1S/C21H26ClN3O2S/c22-18-7-5-16(6-8-18)13-23-20(26)21(27)24-14-19(17-9-12-28-15-17)25-10-3-1-2-4-11-25/h5-9,12,15,19H,1-4,10-11,13-14H2,(H,23,26)(H,24,27). The van der Waals surface area contributed by atoms with Gasteiger partial charge in [0, 0.05) is 18.1 Å². The van der Waals surface area contributed by atoms with Gasteiger partial charge in [0.1, 0.15) is 0 Å². The topological polar surface area (TPSA) is 61.4 Å². The molecule has 1 aliphatic heterocycles. The highest BCUT2D eigenvalue weighted by Crippen LogP contribution is 2.25. The summed E-state index contributed by atoms with van der Waals surface area (Å²) in [6, 6.07) is 9.38. The lowest BCUT2D eigenvalue weighted by molar-refractivity contribution is -0.139. The van der Waals surface area contributed by atoms with Gasteiger partial charge in [-0.05, 0) is 66.0 Å². The predicted molar refractivity (Wildman–Crippen MR) is 113 cm³/mol. The van der Waals surface area contributed by atoms with Gasteiger partial charge in [0.2, 0.25) is 0 Å². The van der Waals surface area contributed by atoms with Crippen molar-refractivity contribution >= 4 is 34.8 Å². The molecule has 1 aromatic heterocycles. The van der Waals surface area contributed by atoms with Crippen molar-refractivity contribution in [2.24, 2.45) is 0 Å². The number of benzene rings is 1. The predicted octanol–water partition coefficient (Wildman–Crippen LogP) is 3.75. The van der Waals surface area contributed by atoms with Gasteiger partial charge in [0.05, 0.1) is 6.04 Å². The molecule has 150 valence electrons. The van der Waals surface area contributed by atoms with Crippen LogP contribution in [0.5, 0.6) is 0 Å². The zero-order valence-corrected chi connectivity index (χ0v) is 17.4. The van der Waals surface area contributed by atoms with Crippen molar-refractivity contribution in [1.82, 2.24) is 15.5 Å². The Kier molecular flexibility index (Phi) is 7.89. The van der Waals surface area contributed by atoms with Crippen molar-refractivity contribution in [2.75, 3.05) is 19.6 Å². The third-order valence-electron chi connectivity index (χ3n) is 5.04. The Bertz CT molecular complexity index is 756. The molecule has 1 unspecified atom stereocenters. The average molecular weight is 420 g/mol. The highest BCUT2D eigenvalue weighted by atomic mass is 35.5. The lowest BCUT2D eigenvalue weighted by Crippen LogP contribution is -2.44. The smallest absolute Gasteiger partial charge is 0.309 e. The molecule has 2 amide bonds. The van der Waals surface area contributed by atoms with Crippen LogP contribution in [-0.4, -0.2) is 36.3 Å². The molecule has 7 heteroatoms. The van der Waals surface area contributed by atoms with Crippen molar-refractivity contribution in [3.63, 3.8) is 0 Å². The van der Waals surface area contributed by atoms with E-state index in [1.807, 2.05) is 12.1 Å². The van der Waals surface area contributed by atoms with Gasteiger partial charge in [-0.2, -0.15) is 11.3 Å². The lowest BCUT2D eigenvalue weighted by Gasteiger charge is -2.30. The zero-order valence-electron chi connectivity index (χ0n) is 15.8. The van der Waals surface area contributed by atoms with Crippen molar-refractivity contribution in [3.05, 3.63) is 57.2 Å². The number of thiophene rings is 1. The molecule has 3 rings (SSSR count). The average Bonchev–Trinajstić information content (AvgIpc) is 3.10. The first-order valence-electron chi connectivity index (χ1n) is 9.70. The summed E-state index contributed by atoms with van der Waals surface area (Å²) in [4.78, 5) is 26.9. The maximum Gasteiger partial charge on any atom is 0.309 e. The largest absolute Gasteiger partial charge is 0.346 e. The third kappa shape index (κ3) is 6.06. The van der Waals surface area contributed by atoms with E-state index >= 15 is 0 Å². The van der Waals surface area contributed by atoms with Gasteiger partial charge in [-0.1, -0.05) is 36.6 Å². The molecule has 0 saturated carbocycles. The Morgan fingerprint density at radius 3 is 2.32 bits per heavy atom. The van der Waals surface area contributed by atoms with Crippen LogP contribution in [0.2, 0.25) is 5.02 Å². The molecule has 0 spiro atoms. The molecule has 1 aromatic carbocycles. The molecule has 1 saturated heterocycles. The molecule has 0 aliphatic carbocycles. The minimum atomic E-state index is -0.616. The van der Waals surface area contributed by atoms with Crippen LogP contribution in [0.4, 0.5) is 0 Å². The second-order valence-electron chi connectivity index (χ2n) is 7.04. The molecule has 1 aliphatic rings. The monoisotopic (exact) mass is 419 g/mol. The van der Waals surface area contributed by atoms with E-state index in [0.29, 0.717) is 18.1 Å². The zero-order chi connectivity index (χ0) is 19.8. The normalized spacial score (nSPS) is 16.2. The lowest BCUT2D eigenvalue weighted by atomic mass is 10.1. The maximum atomic E-state index is 12.3. The first kappa shape index (κ1) is 20.8. The number of rotatable bonds is 6. The molecule has 0 radical (unpaired) electrons. The molecule has 1 fully saturated rings. The van der Waals surface area contributed by atoms with Crippen molar-refractivity contribution in [1.29, 1.82) is 0 Å². The number of hydrogen-bond acceptors (Lipinski definition) is 4. The van der Waals surface area contributed by atoms with Crippen LogP contribution in [-0.2, 0) is 16.1 Å². The van der Waals surface area contributed by atoms with Crippen LogP contribution in [0.15, 0.2) is 41.1 Å². The number of nitrogens with zero attached hydrogens (tertiary/aromatic N) is 1. The third-order valence-corrected chi connectivity index (χ3v) is 5.99. The minimum Gasteiger partial charge on any atom is -0.346 e. The first-order chi connectivity index (χ1) is 13.6. The SMILES string of the molecule is O=C(NCc1ccc(Cl)cc1)C(=O)NCC(c1ccsc1)N1CCCCCC1. The Hall–Kier alpha value is -1.89. The number of nitrogens with one attached hydrogen (secondary N) is 2. The molecule has 1 atom stereocenters. The van der Waals surface area contributed by atoms with E-state index in [2.05, 4.69) is 32.4 Å². The minimum absolute atomic E-state index is 0.109. The van der Waals surface area contributed by atoms with E-state index < -0.39 is 11.8 Å². The highest BCUT2D eigenvalue weighted by Gasteiger charge is 2.23. The van der Waals surface area contributed by atoms with Gasteiger partial charge in [-0.15, -0.1) is 0 Å². The number of halogens is 1.